The number of carbonyl (C=O) groups is 1. The fraction of sp³-hybridized carbons (Fsp3) is 0.364. The van der Waals surface area contributed by atoms with Gasteiger partial charge < -0.3 is 15.5 Å². The molecule has 0 bridgehead atoms. The molecule has 122 valence electrons. The van der Waals surface area contributed by atoms with Crippen molar-refractivity contribution in [2.75, 3.05) is 26.3 Å². The van der Waals surface area contributed by atoms with Gasteiger partial charge in [-0.1, -0.05) is 6.07 Å². The lowest BCUT2D eigenvalue weighted by Gasteiger charge is -2.11. The fourth-order valence-electron chi connectivity index (χ4n) is 1.65. The Morgan fingerprint density at radius 2 is 1.86 bits per heavy atom. The Labute approximate surface area is 126 Å². The number of rotatable bonds is 8. The fourth-order valence-corrected chi connectivity index (χ4v) is 3.02. The van der Waals surface area contributed by atoms with Gasteiger partial charge in [-0.05, 0) is 6.07 Å². The number of amides is 1. The van der Waals surface area contributed by atoms with Crippen molar-refractivity contribution in [2.45, 2.75) is 4.90 Å². The molecule has 22 heavy (non-hydrogen) atoms. The average Bonchev–Trinajstić information content (AvgIpc) is 2.49. The highest BCUT2D eigenvalue weighted by molar-refractivity contribution is 7.89. The molecule has 1 amide bonds. The van der Waals surface area contributed by atoms with Gasteiger partial charge in [0.2, 0.25) is 10.0 Å². The van der Waals surface area contributed by atoms with Gasteiger partial charge in [-0.2, -0.15) is 0 Å². The Morgan fingerprint density at radius 1 is 1.23 bits per heavy atom. The van der Waals surface area contributed by atoms with Crippen molar-refractivity contribution < 1.29 is 28.3 Å². The zero-order chi connectivity index (χ0) is 16.8. The minimum absolute atomic E-state index is 0.134. The minimum atomic E-state index is -4.37. The molecule has 0 unspecified atom stereocenters. The van der Waals surface area contributed by atoms with E-state index < -0.39 is 43.6 Å². The second kappa shape index (κ2) is 7.79. The lowest BCUT2D eigenvalue weighted by atomic mass is 10.2. The van der Waals surface area contributed by atoms with Crippen molar-refractivity contribution >= 4 is 21.6 Å². The molecule has 1 aromatic carbocycles. The summed E-state index contributed by atoms with van der Waals surface area (Å²) in [4.78, 5) is 21.2. The van der Waals surface area contributed by atoms with Crippen LogP contribution in [0.2, 0.25) is 0 Å². The summed E-state index contributed by atoms with van der Waals surface area (Å²) < 4.78 is 26.3. The summed E-state index contributed by atoms with van der Waals surface area (Å²) in [5.41, 5.74) is -1.19. The molecule has 0 fully saturated rings. The van der Waals surface area contributed by atoms with E-state index in [2.05, 4.69) is 5.32 Å². The van der Waals surface area contributed by atoms with Crippen molar-refractivity contribution in [1.29, 1.82) is 0 Å². The zero-order valence-electron chi connectivity index (χ0n) is 11.4. The largest absolute Gasteiger partial charge is 0.395 e. The number of benzene rings is 1. The number of aliphatic hydroxyl groups is 2. The maximum absolute atomic E-state index is 12.2. The highest BCUT2D eigenvalue weighted by atomic mass is 32.2. The molecule has 0 heterocycles. The Kier molecular flexibility index (Phi) is 6.37. The molecule has 0 spiro atoms. The monoisotopic (exact) mass is 333 g/mol. The van der Waals surface area contributed by atoms with Crippen molar-refractivity contribution in [3.63, 3.8) is 0 Å². The highest BCUT2D eigenvalue weighted by Crippen LogP contribution is 2.27. The number of hydrogen-bond donors (Lipinski definition) is 4. The van der Waals surface area contributed by atoms with Gasteiger partial charge in [0, 0.05) is 19.2 Å². The van der Waals surface area contributed by atoms with E-state index in [-0.39, 0.29) is 19.7 Å². The van der Waals surface area contributed by atoms with Crippen LogP contribution in [0.5, 0.6) is 0 Å². The molecule has 0 saturated heterocycles. The highest BCUT2D eigenvalue weighted by Gasteiger charge is 2.31. The predicted molar refractivity (Wildman–Crippen MR) is 74.8 cm³/mol. The van der Waals surface area contributed by atoms with Gasteiger partial charge >= 0.3 is 0 Å². The van der Waals surface area contributed by atoms with Gasteiger partial charge in [-0.25, -0.2) is 13.1 Å². The molecule has 1 aromatic rings. The summed E-state index contributed by atoms with van der Waals surface area (Å²) in [6.07, 6.45) is 0. The minimum Gasteiger partial charge on any atom is -0.395 e. The third-order valence-corrected chi connectivity index (χ3v) is 4.06. The van der Waals surface area contributed by atoms with Crippen LogP contribution in [-0.2, 0) is 10.0 Å². The standard InChI is InChI=1S/C11H15N3O7S/c15-6-4-12-11(17)8-2-1-3-9(14(18)19)10(8)22(20,21)13-5-7-16/h1-3,13,15-16H,4-7H2,(H,12,17). The van der Waals surface area contributed by atoms with E-state index >= 15 is 0 Å². The molecule has 1 rings (SSSR count). The van der Waals surface area contributed by atoms with Gasteiger partial charge in [-0.3, -0.25) is 14.9 Å². The topological polar surface area (TPSA) is 159 Å². The van der Waals surface area contributed by atoms with Crippen molar-refractivity contribution in [1.82, 2.24) is 10.0 Å². The summed E-state index contributed by atoms with van der Waals surface area (Å²) >= 11 is 0. The maximum atomic E-state index is 12.2. The molecule has 10 nitrogen and oxygen atoms in total. The third-order valence-electron chi connectivity index (χ3n) is 2.51. The number of nitro benzene ring substituents is 1. The molecule has 0 saturated carbocycles. The molecule has 0 aliphatic heterocycles. The zero-order valence-corrected chi connectivity index (χ0v) is 12.2. The number of hydrogen-bond acceptors (Lipinski definition) is 7. The van der Waals surface area contributed by atoms with Gasteiger partial charge in [0.25, 0.3) is 11.6 Å². The maximum Gasteiger partial charge on any atom is 0.290 e. The molecule has 0 atom stereocenters. The van der Waals surface area contributed by atoms with Gasteiger partial charge in [0.1, 0.15) is 0 Å². The van der Waals surface area contributed by atoms with E-state index in [9.17, 15) is 23.3 Å². The van der Waals surface area contributed by atoms with Crippen LogP contribution in [-0.4, -0.2) is 55.8 Å². The number of nitrogens with one attached hydrogen (secondary N) is 2. The summed E-state index contributed by atoms with van der Waals surface area (Å²) in [5.74, 6) is -0.873. The number of carbonyl (C=O) groups excluding carboxylic acids is 1. The van der Waals surface area contributed by atoms with E-state index in [1.54, 1.807) is 0 Å². The Morgan fingerprint density at radius 3 is 2.41 bits per heavy atom. The van der Waals surface area contributed by atoms with Crippen LogP contribution < -0.4 is 10.0 Å². The lowest BCUT2D eigenvalue weighted by Crippen LogP contribution is -2.32. The van der Waals surface area contributed by atoms with Crippen molar-refractivity contribution in [2.24, 2.45) is 0 Å². The first-order chi connectivity index (χ1) is 10.3. The Hall–Kier alpha value is -2.08. The van der Waals surface area contributed by atoms with Crippen LogP contribution in [0.1, 0.15) is 10.4 Å². The second-order valence-corrected chi connectivity index (χ2v) is 5.72. The van der Waals surface area contributed by atoms with E-state index in [1.165, 1.54) is 6.07 Å². The Bertz CT molecular complexity index is 660. The number of nitrogens with zero attached hydrogens (tertiary/aromatic N) is 1. The Balaban J connectivity index is 3.43. The first-order valence-corrected chi connectivity index (χ1v) is 7.60. The summed E-state index contributed by atoms with van der Waals surface area (Å²) in [6, 6.07) is 3.25. The van der Waals surface area contributed by atoms with Crippen molar-refractivity contribution in [3.8, 4) is 0 Å². The smallest absolute Gasteiger partial charge is 0.290 e. The van der Waals surface area contributed by atoms with Crippen LogP contribution in [0, 0.1) is 10.1 Å². The van der Waals surface area contributed by atoms with Gasteiger partial charge in [0.05, 0.1) is 23.7 Å². The normalized spacial score (nSPS) is 11.2. The van der Waals surface area contributed by atoms with Crippen LogP contribution >= 0.6 is 0 Å². The van der Waals surface area contributed by atoms with Gasteiger partial charge in [0.15, 0.2) is 4.90 Å². The molecule has 11 heteroatoms. The number of nitro groups is 1. The molecular weight excluding hydrogens is 318 g/mol. The van der Waals surface area contributed by atoms with Gasteiger partial charge in [-0.15, -0.1) is 0 Å². The van der Waals surface area contributed by atoms with Crippen molar-refractivity contribution in [3.05, 3.63) is 33.9 Å². The molecule has 4 N–H and O–H groups in total. The summed E-state index contributed by atoms with van der Waals surface area (Å²) in [6.45, 7) is -1.37. The molecule has 0 radical (unpaired) electrons. The van der Waals surface area contributed by atoms with Crippen LogP contribution in [0.25, 0.3) is 0 Å². The number of aliphatic hydroxyl groups excluding tert-OH is 2. The molecule has 0 aliphatic carbocycles. The van der Waals surface area contributed by atoms with Crippen LogP contribution in [0.4, 0.5) is 5.69 Å². The van der Waals surface area contributed by atoms with E-state index in [1.807, 2.05) is 4.72 Å². The van der Waals surface area contributed by atoms with E-state index in [0.29, 0.717) is 0 Å². The SMILES string of the molecule is O=C(NCCO)c1cccc([N+](=O)[O-])c1S(=O)(=O)NCCO. The quantitative estimate of drug-likeness (QED) is 0.336. The third kappa shape index (κ3) is 4.21. The summed E-state index contributed by atoms with van der Waals surface area (Å²) in [5, 5.41) is 30.6. The molecular formula is C11H15N3O7S. The molecule has 0 aliphatic rings. The summed E-state index contributed by atoms with van der Waals surface area (Å²) in [7, 11) is -4.37. The average molecular weight is 333 g/mol. The van der Waals surface area contributed by atoms with E-state index in [4.69, 9.17) is 10.2 Å². The van der Waals surface area contributed by atoms with E-state index in [0.717, 1.165) is 12.1 Å². The first-order valence-electron chi connectivity index (χ1n) is 6.12. The lowest BCUT2D eigenvalue weighted by molar-refractivity contribution is -0.387. The second-order valence-electron chi connectivity index (χ2n) is 4.01. The van der Waals surface area contributed by atoms with Crippen LogP contribution in [0.15, 0.2) is 23.1 Å². The predicted octanol–water partition coefficient (Wildman–Crippen LogP) is -1.41. The van der Waals surface area contributed by atoms with Crippen LogP contribution in [0.3, 0.4) is 0 Å². The molecule has 0 aromatic heterocycles. The first kappa shape index (κ1) is 18.0. The number of sulfonamides is 1.